The van der Waals surface area contributed by atoms with E-state index in [-0.39, 0.29) is 11.8 Å². The summed E-state index contributed by atoms with van der Waals surface area (Å²) < 4.78 is 0. The molecule has 27 heavy (non-hydrogen) atoms. The van der Waals surface area contributed by atoms with E-state index in [9.17, 15) is 4.79 Å². The first-order valence-corrected chi connectivity index (χ1v) is 9.10. The highest BCUT2D eigenvalue weighted by Gasteiger charge is 2.21. The third-order valence-corrected chi connectivity index (χ3v) is 5.01. The highest BCUT2D eigenvalue weighted by Crippen LogP contribution is 2.34. The number of benzene rings is 2. The van der Waals surface area contributed by atoms with Crippen molar-refractivity contribution in [1.29, 1.82) is 0 Å². The summed E-state index contributed by atoms with van der Waals surface area (Å²) in [4.78, 5) is 19.8. The van der Waals surface area contributed by atoms with Crippen molar-refractivity contribution in [2.45, 2.75) is 5.92 Å². The zero-order valence-electron chi connectivity index (χ0n) is 14.5. The number of rotatable bonds is 5. The van der Waals surface area contributed by atoms with Gasteiger partial charge in [0, 0.05) is 47.0 Å². The first kappa shape index (κ1) is 17.3. The van der Waals surface area contributed by atoms with Gasteiger partial charge in [0.2, 0.25) is 0 Å². The van der Waals surface area contributed by atoms with E-state index >= 15 is 0 Å². The number of hydrogen-bond acceptors (Lipinski definition) is 2. The fourth-order valence-corrected chi connectivity index (χ4v) is 3.59. The Kier molecular flexibility index (Phi) is 4.90. The van der Waals surface area contributed by atoms with Crippen molar-refractivity contribution in [2.75, 3.05) is 6.54 Å². The molecule has 0 aliphatic heterocycles. The number of fused-ring (bicyclic) bond motifs is 1. The molecule has 5 heteroatoms. The molecule has 2 aromatic heterocycles. The van der Waals surface area contributed by atoms with Crippen molar-refractivity contribution < 1.29 is 4.79 Å². The number of pyridine rings is 1. The molecule has 0 saturated carbocycles. The molecule has 2 N–H and O–H groups in total. The number of aromatic nitrogens is 2. The molecule has 0 spiro atoms. The Morgan fingerprint density at radius 2 is 1.85 bits per heavy atom. The van der Waals surface area contributed by atoms with Gasteiger partial charge in [-0.2, -0.15) is 0 Å². The first-order chi connectivity index (χ1) is 13.2. The van der Waals surface area contributed by atoms with Crippen LogP contribution in [-0.2, 0) is 0 Å². The van der Waals surface area contributed by atoms with Gasteiger partial charge in [0.25, 0.3) is 5.91 Å². The van der Waals surface area contributed by atoms with Crippen LogP contribution in [0, 0.1) is 0 Å². The Balaban J connectivity index is 1.69. The maximum absolute atomic E-state index is 12.5. The molecule has 1 atom stereocenters. The fraction of sp³-hybridized carbons (Fsp3) is 0.0909. The largest absolute Gasteiger partial charge is 0.361 e. The molecule has 0 radical (unpaired) electrons. The van der Waals surface area contributed by atoms with Crippen molar-refractivity contribution in [3.8, 4) is 0 Å². The fourth-order valence-electron chi connectivity index (χ4n) is 3.32. The number of carbonyl (C=O) groups is 1. The van der Waals surface area contributed by atoms with Gasteiger partial charge in [0.15, 0.2) is 0 Å². The van der Waals surface area contributed by atoms with Crippen molar-refractivity contribution in [1.82, 2.24) is 15.3 Å². The summed E-state index contributed by atoms with van der Waals surface area (Å²) in [5, 5.41) is 4.83. The lowest BCUT2D eigenvalue weighted by atomic mass is 9.90. The Hall–Kier alpha value is -3.11. The van der Waals surface area contributed by atoms with Gasteiger partial charge in [-0.3, -0.25) is 9.78 Å². The number of carbonyl (C=O) groups excluding carboxylic acids is 1. The van der Waals surface area contributed by atoms with Gasteiger partial charge in [0.05, 0.1) is 5.56 Å². The van der Waals surface area contributed by atoms with Crippen LogP contribution in [0.5, 0.6) is 0 Å². The van der Waals surface area contributed by atoms with Crippen LogP contribution in [0.3, 0.4) is 0 Å². The Morgan fingerprint density at radius 3 is 2.67 bits per heavy atom. The van der Waals surface area contributed by atoms with Gasteiger partial charge < -0.3 is 10.3 Å². The van der Waals surface area contributed by atoms with Crippen LogP contribution in [0.25, 0.3) is 10.9 Å². The van der Waals surface area contributed by atoms with Crippen LogP contribution in [-0.4, -0.2) is 22.4 Å². The Labute approximate surface area is 162 Å². The molecule has 4 rings (SSSR count). The summed E-state index contributed by atoms with van der Waals surface area (Å²) in [7, 11) is 0. The van der Waals surface area contributed by atoms with Gasteiger partial charge in [-0.25, -0.2) is 0 Å². The number of amides is 1. The molecular weight excluding hydrogens is 358 g/mol. The Bertz CT molecular complexity index is 1080. The van der Waals surface area contributed by atoms with Crippen LogP contribution in [0.15, 0.2) is 79.3 Å². The molecule has 0 fully saturated rings. The van der Waals surface area contributed by atoms with E-state index in [1.807, 2.05) is 48.7 Å². The molecule has 2 aromatic carbocycles. The predicted octanol–water partition coefficient (Wildman–Crippen LogP) is 4.78. The monoisotopic (exact) mass is 375 g/mol. The lowest BCUT2D eigenvalue weighted by molar-refractivity contribution is 0.0952. The third kappa shape index (κ3) is 3.57. The zero-order chi connectivity index (χ0) is 18.6. The molecule has 4 aromatic rings. The molecule has 2 heterocycles. The van der Waals surface area contributed by atoms with E-state index in [1.165, 1.54) is 0 Å². The number of nitrogens with zero attached hydrogens (tertiary/aromatic N) is 1. The number of para-hydroxylation sites is 1. The van der Waals surface area contributed by atoms with E-state index in [0.717, 1.165) is 22.0 Å². The van der Waals surface area contributed by atoms with Crippen LogP contribution >= 0.6 is 11.6 Å². The van der Waals surface area contributed by atoms with E-state index in [2.05, 4.69) is 21.4 Å². The average Bonchev–Trinajstić information content (AvgIpc) is 3.14. The lowest BCUT2D eigenvalue weighted by Gasteiger charge is -2.19. The van der Waals surface area contributed by atoms with Crippen LogP contribution in [0.2, 0.25) is 5.02 Å². The van der Waals surface area contributed by atoms with Crippen LogP contribution in [0.4, 0.5) is 0 Å². The first-order valence-electron chi connectivity index (χ1n) is 8.72. The molecular formula is C22H18ClN3O. The molecule has 0 aliphatic carbocycles. The SMILES string of the molecule is O=C(NC[C@@H](c1ccccc1Cl)c1c[nH]c2ccccc12)c1cccnc1. The van der Waals surface area contributed by atoms with Crippen molar-refractivity contribution in [3.63, 3.8) is 0 Å². The standard InChI is InChI=1S/C22H18ClN3O/c23-20-9-3-1-7-16(20)18(14-26-22(27)15-6-5-11-24-12-15)19-13-25-21-10-4-2-8-17(19)21/h1-13,18,25H,14H2,(H,26,27)/t18-/m0/s1. The molecule has 0 bridgehead atoms. The van der Waals surface area contributed by atoms with E-state index in [4.69, 9.17) is 11.6 Å². The number of nitrogens with one attached hydrogen (secondary N) is 2. The maximum Gasteiger partial charge on any atom is 0.252 e. The zero-order valence-corrected chi connectivity index (χ0v) is 15.3. The van der Waals surface area contributed by atoms with Gasteiger partial charge in [-0.1, -0.05) is 48.0 Å². The maximum atomic E-state index is 12.5. The number of aromatic amines is 1. The molecule has 0 unspecified atom stereocenters. The number of halogens is 1. The number of H-pyrrole nitrogens is 1. The quantitative estimate of drug-likeness (QED) is 0.527. The highest BCUT2D eigenvalue weighted by molar-refractivity contribution is 6.31. The van der Waals surface area contributed by atoms with Crippen LogP contribution in [0.1, 0.15) is 27.4 Å². The van der Waals surface area contributed by atoms with Crippen molar-refractivity contribution >= 4 is 28.4 Å². The smallest absolute Gasteiger partial charge is 0.252 e. The predicted molar refractivity (Wildman–Crippen MR) is 108 cm³/mol. The second-order valence-corrected chi connectivity index (χ2v) is 6.72. The summed E-state index contributed by atoms with van der Waals surface area (Å²) in [6.45, 7) is 0.430. The number of hydrogen-bond donors (Lipinski definition) is 2. The molecule has 1 amide bonds. The average molecular weight is 376 g/mol. The van der Waals surface area contributed by atoms with Gasteiger partial charge in [-0.15, -0.1) is 0 Å². The summed E-state index contributed by atoms with van der Waals surface area (Å²) in [5.74, 6) is -0.226. The second-order valence-electron chi connectivity index (χ2n) is 6.32. The second kappa shape index (κ2) is 7.64. The van der Waals surface area contributed by atoms with Crippen molar-refractivity contribution in [2.24, 2.45) is 0 Å². The minimum absolute atomic E-state index is 0.0736. The normalized spacial score (nSPS) is 12.0. The van der Waals surface area contributed by atoms with E-state index in [1.54, 1.807) is 24.5 Å². The highest BCUT2D eigenvalue weighted by atomic mass is 35.5. The molecule has 134 valence electrons. The van der Waals surface area contributed by atoms with E-state index in [0.29, 0.717) is 17.1 Å². The van der Waals surface area contributed by atoms with Crippen LogP contribution < -0.4 is 5.32 Å². The van der Waals surface area contributed by atoms with Gasteiger partial charge in [-0.05, 0) is 35.4 Å². The summed E-state index contributed by atoms with van der Waals surface area (Å²) in [5.41, 5.74) is 3.68. The molecule has 0 aliphatic rings. The van der Waals surface area contributed by atoms with Gasteiger partial charge >= 0.3 is 0 Å². The van der Waals surface area contributed by atoms with Gasteiger partial charge in [0.1, 0.15) is 0 Å². The minimum atomic E-state index is -0.153. The third-order valence-electron chi connectivity index (χ3n) is 4.67. The lowest BCUT2D eigenvalue weighted by Crippen LogP contribution is -2.29. The summed E-state index contributed by atoms with van der Waals surface area (Å²) in [6.07, 6.45) is 5.20. The molecule has 0 saturated heterocycles. The van der Waals surface area contributed by atoms with E-state index < -0.39 is 0 Å². The topological polar surface area (TPSA) is 57.8 Å². The Morgan fingerprint density at radius 1 is 1.04 bits per heavy atom. The minimum Gasteiger partial charge on any atom is -0.361 e. The van der Waals surface area contributed by atoms with Crippen molar-refractivity contribution in [3.05, 3.63) is 101 Å². The molecule has 4 nitrogen and oxygen atoms in total. The summed E-state index contributed by atoms with van der Waals surface area (Å²) >= 11 is 6.49. The summed E-state index contributed by atoms with van der Waals surface area (Å²) in [6, 6.07) is 19.4.